The number of nitrogens with one attached hydrogen (secondary N) is 1. The van der Waals surface area contributed by atoms with E-state index < -0.39 is 0 Å². The van der Waals surface area contributed by atoms with Crippen LogP contribution in [-0.4, -0.2) is 10.9 Å². The predicted octanol–water partition coefficient (Wildman–Crippen LogP) is 3.71. The zero-order valence-electron chi connectivity index (χ0n) is 8.83. The fraction of sp³-hybridized carbons (Fsp3) is 0.273. The van der Waals surface area contributed by atoms with E-state index in [2.05, 4.69) is 26.2 Å². The number of hydrogen-bond donors (Lipinski definition) is 1. The van der Waals surface area contributed by atoms with E-state index in [1.165, 1.54) is 22.6 Å². The SMILES string of the molecule is O=C(Nc1nc2c(s1)CCC2)c1csc(Br)c1. The van der Waals surface area contributed by atoms with Crippen molar-refractivity contribution >= 4 is 49.6 Å². The normalized spacial score (nSPS) is 13.7. The van der Waals surface area contributed by atoms with Gasteiger partial charge in [0, 0.05) is 10.3 Å². The molecule has 0 atom stereocenters. The van der Waals surface area contributed by atoms with Crippen LogP contribution >= 0.6 is 38.6 Å². The lowest BCUT2D eigenvalue weighted by Crippen LogP contribution is -2.10. The summed E-state index contributed by atoms with van der Waals surface area (Å²) < 4.78 is 0.962. The number of aromatic nitrogens is 1. The number of hydrogen-bond acceptors (Lipinski definition) is 4. The second kappa shape index (κ2) is 4.51. The van der Waals surface area contributed by atoms with E-state index in [0.29, 0.717) is 5.56 Å². The minimum absolute atomic E-state index is 0.0839. The number of halogens is 1. The van der Waals surface area contributed by atoms with Crippen LogP contribution in [0.5, 0.6) is 0 Å². The minimum Gasteiger partial charge on any atom is -0.298 e. The quantitative estimate of drug-likeness (QED) is 0.913. The lowest BCUT2D eigenvalue weighted by molar-refractivity contribution is 0.102. The Morgan fingerprint density at radius 3 is 3.06 bits per heavy atom. The summed E-state index contributed by atoms with van der Waals surface area (Å²) in [5.74, 6) is -0.0839. The first-order valence-corrected chi connectivity index (χ1v) is 7.75. The number of anilines is 1. The third kappa shape index (κ3) is 2.29. The number of amides is 1. The van der Waals surface area contributed by atoms with Crippen molar-refractivity contribution in [3.63, 3.8) is 0 Å². The van der Waals surface area contributed by atoms with Crippen molar-refractivity contribution in [2.75, 3.05) is 5.32 Å². The highest BCUT2D eigenvalue weighted by Gasteiger charge is 2.18. The van der Waals surface area contributed by atoms with Crippen LogP contribution in [0.4, 0.5) is 5.13 Å². The minimum atomic E-state index is -0.0839. The monoisotopic (exact) mass is 328 g/mol. The van der Waals surface area contributed by atoms with Crippen LogP contribution in [0.15, 0.2) is 15.2 Å². The van der Waals surface area contributed by atoms with E-state index in [-0.39, 0.29) is 5.91 Å². The van der Waals surface area contributed by atoms with Gasteiger partial charge in [-0.25, -0.2) is 4.98 Å². The maximum atomic E-state index is 11.9. The third-order valence-corrected chi connectivity index (χ3v) is 5.22. The van der Waals surface area contributed by atoms with E-state index in [0.717, 1.165) is 27.5 Å². The topological polar surface area (TPSA) is 42.0 Å². The van der Waals surface area contributed by atoms with Crippen molar-refractivity contribution in [1.29, 1.82) is 0 Å². The Bertz CT molecular complexity index is 554. The first kappa shape index (κ1) is 11.4. The van der Waals surface area contributed by atoms with E-state index in [1.807, 2.05) is 11.4 Å². The molecule has 1 aliphatic rings. The van der Waals surface area contributed by atoms with Gasteiger partial charge in [-0.1, -0.05) is 0 Å². The molecule has 2 aromatic rings. The van der Waals surface area contributed by atoms with Crippen LogP contribution in [0.1, 0.15) is 27.3 Å². The molecule has 0 saturated carbocycles. The number of carbonyl (C=O) groups excluding carboxylic acids is 1. The average Bonchev–Trinajstić information content (AvgIpc) is 2.92. The number of fused-ring (bicyclic) bond motifs is 1. The molecule has 0 aliphatic heterocycles. The molecule has 0 fully saturated rings. The third-order valence-electron chi connectivity index (χ3n) is 2.65. The van der Waals surface area contributed by atoms with Gasteiger partial charge in [0.15, 0.2) is 5.13 Å². The fourth-order valence-electron chi connectivity index (χ4n) is 1.84. The van der Waals surface area contributed by atoms with Gasteiger partial charge in [-0.15, -0.1) is 22.7 Å². The molecule has 2 heterocycles. The van der Waals surface area contributed by atoms with Crippen molar-refractivity contribution in [3.05, 3.63) is 31.4 Å². The van der Waals surface area contributed by atoms with Gasteiger partial charge in [0.25, 0.3) is 5.91 Å². The van der Waals surface area contributed by atoms with Gasteiger partial charge in [-0.2, -0.15) is 0 Å². The molecule has 2 aromatic heterocycles. The second-order valence-corrected chi connectivity index (χ2v) is 7.21. The molecular formula is C11H9BrN2OS2. The van der Waals surface area contributed by atoms with Crippen LogP contribution in [0, 0.1) is 0 Å². The molecule has 88 valence electrons. The molecule has 3 rings (SSSR count). The summed E-state index contributed by atoms with van der Waals surface area (Å²) in [7, 11) is 0. The molecule has 0 radical (unpaired) electrons. The maximum absolute atomic E-state index is 11.9. The highest BCUT2D eigenvalue weighted by Crippen LogP contribution is 2.31. The molecule has 1 amide bonds. The summed E-state index contributed by atoms with van der Waals surface area (Å²) >= 11 is 6.45. The molecule has 1 N–H and O–H groups in total. The number of nitrogens with zero attached hydrogens (tertiary/aromatic N) is 1. The van der Waals surface area contributed by atoms with Crippen LogP contribution < -0.4 is 5.32 Å². The Kier molecular flexibility index (Phi) is 3.02. The van der Waals surface area contributed by atoms with Crippen molar-refractivity contribution in [1.82, 2.24) is 4.98 Å². The largest absolute Gasteiger partial charge is 0.298 e. The fourth-order valence-corrected chi connectivity index (χ4v) is 4.02. The molecule has 6 heteroatoms. The zero-order valence-corrected chi connectivity index (χ0v) is 12.0. The Hall–Kier alpha value is -0.720. The van der Waals surface area contributed by atoms with Gasteiger partial charge in [0.2, 0.25) is 0 Å². The molecule has 0 aromatic carbocycles. The summed E-state index contributed by atoms with van der Waals surface area (Å²) in [6, 6.07) is 1.82. The Morgan fingerprint density at radius 1 is 1.47 bits per heavy atom. The van der Waals surface area contributed by atoms with E-state index >= 15 is 0 Å². The first-order valence-electron chi connectivity index (χ1n) is 5.26. The molecule has 3 nitrogen and oxygen atoms in total. The predicted molar refractivity (Wildman–Crippen MR) is 74.1 cm³/mol. The lowest BCUT2D eigenvalue weighted by Gasteiger charge is -1.98. The van der Waals surface area contributed by atoms with Crippen LogP contribution in [0.3, 0.4) is 0 Å². The van der Waals surface area contributed by atoms with Crippen molar-refractivity contribution in [2.45, 2.75) is 19.3 Å². The van der Waals surface area contributed by atoms with Crippen molar-refractivity contribution in [2.24, 2.45) is 0 Å². The van der Waals surface area contributed by atoms with E-state index in [4.69, 9.17) is 0 Å². The average molecular weight is 329 g/mol. The number of thiophene rings is 1. The maximum Gasteiger partial charge on any atom is 0.258 e. The smallest absolute Gasteiger partial charge is 0.258 e. The summed E-state index contributed by atoms with van der Waals surface area (Å²) in [6.07, 6.45) is 3.35. The van der Waals surface area contributed by atoms with Crippen molar-refractivity contribution in [3.8, 4) is 0 Å². The van der Waals surface area contributed by atoms with Gasteiger partial charge >= 0.3 is 0 Å². The first-order chi connectivity index (χ1) is 8.22. The standard InChI is InChI=1S/C11H9BrN2OS2/c12-9-4-6(5-16-9)10(15)14-11-13-7-2-1-3-8(7)17-11/h4-5H,1-3H2,(H,13,14,15). The van der Waals surface area contributed by atoms with Crippen LogP contribution in [0.2, 0.25) is 0 Å². The van der Waals surface area contributed by atoms with E-state index in [9.17, 15) is 4.79 Å². The van der Waals surface area contributed by atoms with Gasteiger partial charge in [0.05, 0.1) is 15.0 Å². The molecule has 17 heavy (non-hydrogen) atoms. The van der Waals surface area contributed by atoms with Gasteiger partial charge < -0.3 is 0 Å². The molecule has 0 spiro atoms. The number of carbonyl (C=O) groups is 1. The van der Waals surface area contributed by atoms with E-state index in [1.54, 1.807) is 11.3 Å². The molecule has 1 aliphatic carbocycles. The summed E-state index contributed by atoms with van der Waals surface area (Å²) in [6.45, 7) is 0. The number of rotatable bonds is 2. The lowest BCUT2D eigenvalue weighted by atomic mass is 10.3. The Balaban J connectivity index is 1.76. The van der Waals surface area contributed by atoms with Gasteiger partial charge in [-0.05, 0) is 41.3 Å². The second-order valence-electron chi connectivity index (χ2n) is 3.84. The van der Waals surface area contributed by atoms with Crippen LogP contribution in [-0.2, 0) is 12.8 Å². The summed E-state index contributed by atoms with van der Waals surface area (Å²) in [5.41, 5.74) is 1.84. The molecule has 0 bridgehead atoms. The molecule has 0 unspecified atom stereocenters. The van der Waals surface area contributed by atoms with Gasteiger partial charge in [0.1, 0.15) is 0 Å². The summed E-state index contributed by atoms with van der Waals surface area (Å²) in [4.78, 5) is 17.7. The van der Waals surface area contributed by atoms with Gasteiger partial charge in [-0.3, -0.25) is 10.1 Å². The molecular weight excluding hydrogens is 320 g/mol. The Labute approximate surface area is 115 Å². The highest BCUT2D eigenvalue weighted by molar-refractivity contribution is 9.11. The Morgan fingerprint density at radius 2 is 2.35 bits per heavy atom. The van der Waals surface area contributed by atoms with Crippen molar-refractivity contribution < 1.29 is 4.79 Å². The zero-order chi connectivity index (χ0) is 11.8. The number of thiazole rings is 1. The number of aryl methyl sites for hydroxylation is 2. The molecule has 0 saturated heterocycles. The summed E-state index contributed by atoms with van der Waals surface area (Å²) in [5, 5.41) is 5.41. The van der Waals surface area contributed by atoms with Crippen LogP contribution in [0.25, 0.3) is 0 Å². The highest BCUT2D eigenvalue weighted by atomic mass is 79.9.